The minimum atomic E-state index is -4.95. The molecule has 0 aromatic heterocycles. The fourth-order valence-electron chi connectivity index (χ4n) is 4.62. The third-order valence-electron chi connectivity index (χ3n) is 6.68. The molecule has 0 spiro atoms. The van der Waals surface area contributed by atoms with E-state index in [0.717, 1.165) is 11.8 Å². The third kappa shape index (κ3) is 14.6. The van der Waals surface area contributed by atoms with E-state index in [0.29, 0.717) is 64.2 Å². The lowest BCUT2D eigenvalue weighted by Crippen LogP contribution is -2.44. The van der Waals surface area contributed by atoms with Crippen molar-refractivity contribution in [3.05, 3.63) is 29.3 Å². The van der Waals surface area contributed by atoms with Gasteiger partial charge in [0.2, 0.25) is 0 Å². The Morgan fingerprint density at radius 1 is 0.605 bits per heavy atom. The quantitative estimate of drug-likeness (QED) is 0.257. The summed E-state index contributed by atoms with van der Waals surface area (Å²) in [4.78, 5) is 40.9. The number of carbonyl (C=O) groups is 3. The summed E-state index contributed by atoms with van der Waals surface area (Å²) in [5.41, 5.74) is -2.79. The maximum Gasteiger partial charge on any atom is 0.416 e. The average molecular weight is 647 g/mol. The van der Waals surface area contributed by atoms with E-state index in [-0.39, 0.29) is 56.0 Å². The van der Waals surface area contributed by atoms with E-state index in [1.165, 1.54) is 0 Å². The number of aliphatic carboxylic acids is 3. The van der Waals surface area contributed by atoms with Gasteiger partial charge in [-0.25, -0.2) is 0 Å². The molecule has 1 saturated heterocycles. The number of nitrogens with zero attached hydrogens (tertiary/aromatic N) is 4. The summed E-state index contributed by atoms with van der Waals surface area (Å²) in [5.74, 6) is -3.00. The van der Waals surface area contributed by atoms with Crippen molar-refractivity contribution < 1.29 is 56.0 Å². The molecule has 43 heavy (non-hydrogen) atoms. The Kier molecular flexibility index (Phi) is 14.5. The van der Waals surface area contributed by atoms with Gasteiger partial charge in [0.1, 0.15) is 0 Å². The zero-order chi connectivity index (χ0) is 32.2. The maximum atomic E-state index is 13.2. The van der Waals surface area contributed by atoms with Crippen LogP contribution in [0.15, 0.2) is 23.1 Å². The number of thioether (sulfide) groups is 1. The van der Waals surface area contributed by atoms with Gasteiger partial charge in [0.25, 0.3) is 0 Å². The topological polar surface area (TPSA) is 125 Å². The van der Waals surface area contributed by atoms with Crippen LogP contribution in [0.5, 0.6) is 0 Å². The van der Waals surface area contributed by atoms with Gasteiger partial charge in [0.05, 0.1) is 30.8 Å². The van der Waals surface area contributed by atoms with E-state index in [1.807, 2.05) is 4.90 Å². The molecule has 1 aliphatic heterocycles. The Balaban J connectivity index is 2.16. The summed E-state index contributed by atoms with van der Waals surface area (Å²) >= 11 is 0.844. The standard InChI is InChI=1S/C26H36F6N4O6S/c27-25(28,29)19-13-20(26(30,31)32)15-21(14-19)43-12-11-33-3-1-4-35(17-23(39)40)9-10-36(18-24(41)42)6-2-5-34(8-7-33)16-22(37)38/h13-15H,1-12,16-18H2,(H,37,38)(H,39,40)(H,41,42). The van der Waals surface area contributed by atoms with Crippen molar-refractivity contribution in [1.82, 2.24) is 19.6 Å². The Morgan fingerprint density at radius 3 is 1.30 bits per heavy atom. The van der Waals surface area contributed by atoms with E-state index in [9.17, 15) is 56.0 Å². The lowest BCUT2D eigenvalue weighted by atomic mass is 10.1. The van der Waals surface area contributed by atoms with Crippen LogP contribution in [0.3, 0.4) is 0 Å². The average Bonchev–Trinajstić information content (AvgIpc) is 2.87. The van der Waals surface area contributed by atoms with Crippen LogP contribution in [-0.2, 0) is 26.7 Å². The van der Waals surface area contributed by atoms with Gasteiger partial charge in [-0.2, -0.15) is 26.3 Å². The van der Waals surface area contributed by atoms with Crippen LogP contribution < -0.4 is 0 Å². The summed E-state index contributed by atoms with van der Waals surface area (Å²) in [6, 6.07) is 1.43. The number of rotatable bonds is 10. The zero-order valence-electron chi connectivity index (χ0n) is 23.4. The lowest BCUT2D eigenvalue weighted by Gasteiger charge is -2.30. The molecule has 0 bridgehead atoms. The highest BCUT2D eigenvalue weighted by atomic mass is 32.2. The van der Waals surface area contributed by atoms with Crippen LogP contribution in [0.2, 0.25) is 0 Å². The van der Waals surface area contributed by atoms with Crippen LogP contribution in [0, 0.1) is 0 Å². The van der Waals surface area contributed by atoms with Crippen LogP contribution in [-0.4, -0.2) is 137 Å². The fourth-order valence-corrected chi connectivity index (χ4v) is 5.63. The van der Waals surface area contributed by atoms with E-state index in [4.69, 9.17) is 0 Å². The number of halogens is 6. The van der Waals surface area contributed by atoms with Crippen LogP contribution in [0.4, 0.5) is 26.3 Å². The van der Waals surface area contributed by atoms with E-state index in [1.54, 1.807) is 14.7 Å². The van der Waals surface area contributed by atoms with E-state index >= 15 is 0 Å². The van der Waals surface area contributed by atoms with Crippen LogP contribution >= 0.6 is 11.8 Å². The maximum absolute atomic E-state index is 13.2. The molecule has 3 N–H and O–H groups in total. The van der Waals surface area contributed by atoms with Gasteiger partial charge >= 0.3 is 30.3 Å². The first kappa shape index (κ1) is 36.6. The molecule has 17 heteroatoms. The predicted molar refractivity (Wildman–Crippen MR) is 145 cm³/mol. The molecule has 244 valence electrons. The molecule has 0 amide bonds. The molecule has 0 atom stereocenters. The molecular formula is C26H36F6N4O6S. The van der Waals surface area contributed by atoms with Gasteiger partial charge in [0.15, 0.2) is 0 Å². The minimum absolute atomic E-state index is 0.0754. The van der Waals surface area contributed by atoms with Crippen molar-refractivity contribution in [2.45, 2.75) is 30.1 Å². The van der Waals surface area contributed by atoms with Crippen molar-refractivity contribution in [3.8, 4) is 0 Å². The summed E-state index contributed by atoms with van der Waals surface area (Å²) in [5, 5.41) is 27.9. The molecular weight excluding hydrogens is 610 g/mol. The minimum Gasteiger partial charge on any atom is -0.480 e. The Hall–Kier alpha value is -2.60. The van der Waals surface area contributed by atoms with Crippen molar-refractivity contribution in [1.29, 1.82) is 0 Å². The summed E-state index contributed by atoms with van der Waals surface area (Å²) < 4.78 is 79.4. The molecule has 1 aliphatic rings. The molecule has 1 fully saturated rings. The van der Waals surface area contributed by atoms with Gasteiger partial charge in [0, 0.05) is 63.0 Å². The fraction of sp³-hybridized carbons (Fsp3) is 0.654. The van der Waals surface area contributed by atoms with Crippen molar-refractivity contribution in [2.75, 3.05) is 84.3 Å². The van der Waals surface area contributed by atoms with E-state index < -0.39 is 41.4 Å². The molecule has 1 aromatic carbocycles. The summed E-state index contributed by atoms with van der Waals surface area (Å²) in [6.07, 6.45) is -8.99. The van der Waals surface area contributed by atoms with Crippen LogP contribution in [0.25, 0.3) is 0 Å². The highest BCUT2D eigenvalue weighted by molar-refractivity contribution is 7.99. The Morgan fingerprint density at radius 2 is 0.953 bits per heavy atom. The van der Waals surface area contributed by atoms with Gasteiger partial charge in [-0.1, -0.05) is 0 Å². The number of benzene rings is 1. The lowest BCUT2D eigenvalue weighted by molar-refractivity contribution is -0.144. The predicted octanol–water partition coefficient (Wildman–Crippen LogP) is 3.07. The second kappa shape index (κ2) is 17.0. The Bertz CT molecular complexity index is 1050. The number of carboxylic acids is 3. The first-order valence-electron chi connectivity index (χ1n) is 13.5. The molecule has 1 heterocycles. The van der Waals surface area contributed by atoms with Crippen LogP contribution in [0.1, 0.15) is 24.0 Å². The second-order valence-electron chi connectivity index (χ2n) is 10.1. The molecule has 10 nitrogen and oxygen atoms in total. The van der Waals surface area contributed by atoms with E-state index in [2.05, 4.69) is 0 Å². The van der Waals surface area contributed by atoms with Gasteiger partial charge in [-0.05, 0) is 37.6 Å². The van der Waals surface area contributed by atoms with Crippen molar-refractivity contribution in [3.63, 3.8) is 0 Å². The SMILES string of the molecule is O=C(O)CN1CCCN(CC(=O)O)CCN(CC(=O)O)CCCN(CCSc2cc(C(F)(F)F)cc(C(F)(F)F)c2)CC1. The number of carboxylic acid groups (broad SMARTS) is 3. The molecule has 0 saturated carbocycles. The molecule has 0 unspecified atom stereocenters. The van der Waals surface area contributed by atoms with Crippen molar-refractivity contribution in [2.24, 2.45) is 0 Å². The highest BCUT2D eigenvalue weighted by Crippen LogP contribution is 2.38. The van der Waals surface area contributed by atoms with Crippen molar-refractivity contribution >= 4 is 29.7 Å². The largest absolute Gasteiger partial charge is 0.480 e. The first-order chi connectivity index (χ1) is 20.0. The smallest absolute Gasteiger partial charge is 0.416 e. The van der Waals surface area contributed by atoms with Gasteiger partial charge in [-0.15, -0.1) is 11.8 Å². The molecule has 1 aromatic rings. The monoisotopic (exact) mass is 646 g/mol. The second-order valence-corrected chi connectivity index (χ2v) is 11.3. The first-order valence-corrected chi connectivity index (χ1v) is 14.5. The van der Waals surface area contributed by atoms with Gasteiger partial charge in [-0.3, -0.25) is 29.1 Å². The normalized spacial score (nSPS) is 18.3. The molecule has 0 radical (unpaired) electrons. The number of hydrogen-bond acceptors (Lipinski definition) is 8. The Labute approximate surface area is 249 Å². The summed E-state index contributed by atoms with van der Waals surface area (Å²) in [7, 11) is 0. The zero-order valence-corrected chi connectivity index (χ0v) is 24.2. The molecule has 2 rings (SSSR count). The van der Waals surface area contributed by atoms with Gasteiger partial charge < -0.3 is 20.2 Å². The summed E-state index contributed by atoms with van der Waals surface area (Å²) in [6.45, 7) is 2.16. The highest BCUT2D eigenvalue weighted by Gasteiger charge is 2.37. The number of hydrogen-bond donors (Lipinski definition) is 3. The molecule has 0 aliphatic carbocycles. The number of alkyl halides is 6. The third-order valence-corrected chi connectivity index (χ3v) is 7.63.